The molecule has 0 aliphatic carbocycles. The van der Waals surface area contributed by atoms with Crippen molar-refractivity contribution in [3.05, 3.63) is 56.0 Å². The molecule has 112 valence electrons. The molecule has 2 nitrogen and oxygen atoms in total. The van der Waals surface area contributed by atoms with Gasteiger partial charge in [0, 0.05) is 20.6 Å². The van der Waals surface area contributed by atoms with E-state index in [0.29, 0.717) is 21.5 Å². The van der Waals surface area contributed by atoms with E-state index in [2.05, 4.69) is 31.9 Å². The maximum Gasteiger partial charge on any atom is 0.162 e. The lowest BCUT2D eigenvalue weighted by molar-refractivity contribution is 0.354. The summed E-state index contributed by atoms with van der Waals surface area (Å²) in [7, 11) is 3.17. The summed E-state index contributed by atoms with van der Waals surface area (Å²) >= 11 is 19.5. The SMILES string of the molecule is COc1cc(Cl)c(C(Br)c2ccc(Cl)cc2Br)cc1OC. The number of alkyl halides is 1. The van der Waals surface area contributed by atoms with Crippen LogP contribution >= 0.6 is 55.1 Å². The molecule has 0 aliphatic rings. The monoisotopic (exact) mass is 452 g/mol. The van der Waals surface area contributed by atoms with Crippen LogP contribution in [0.25, 0.3) is 0 Å². The Labute approximate surface area is 150 Å². The highest BCUT2D eigenvalue weighted by molar-refractivity contribution is 9.11. The summed E-state index contributed by atoms with van der Waals surface area (Å²) in [6.07, 6.45) is 0. The molecule has 6 heteroatoms. The van der Waals surface area contributed by atoms with Gasteiger partial charge >= 0.3 is 0 Å². The second-order valence-electron chi connectivity index (χ2n) is 4.26. The van der Waals surface area contributed by atoms with Crippen LogP contribution in [0.5, 0.6) is 11.5 Å². The lowest BCUT2D eigenvalue weighted by Gasteiger charge is -2.17. The fraction of sp³-hybridized carbons (Fsp3) is 0.200. The Morgan fingerprint density at radius 3 is 2.14 bits per heavy atom. The lowest BCUT2D eigenvalue weighted by Crippen LogP contribution is -1.98. The smallest absolute Gasteiger partial charge is 0.162 e. The Morgan fingerprint density at radius 2 is 1.57 bits per heavy atom. The van der Waals surface area contributed by atoms with Crippen LogP contribution in [0.2, 0.25) is 10.0 Å². The molecule has 0 fully saturated rings. The van der Waals surface area contributed by atoms with Gasteiger partial charge in [-0.2, -0.15) is 0 Å². The minimum atomic E-state index is -0.101. The minimum Gasteiger partial charge on any atom is -0.493 e. The van der Waals surface area contributed by atoms with Crippen molar-refractivity contribution in [3.63, 3.8) is 0 Å². The van der Waals surface area contributed by atoms with Crippen molar-refractivity contribution in [2.24, 2.45) is 0 Å². The molecule has 0 aliphatic heterocycles. The number of methoxy groups -OCH3 is 2. The minimum absolute atomic E-state index is 0.101. The second kappa shape index (κ2) is 7.23. The van der Waals surface area contributed by atoms with E-state index in [4.69, 9.17) is 32.7 Å². The summed E-state index contributed by atoms with van der Waals surface area (Å²) in [5, 5.41) is 1.26. The molecule has 0 saturated heterocycles. The first-order valence-corrected chi connectivity index (χ1v) is 8.44. The Hall–Kier alpha value is -0.420. The highest BCUT2D eigenvalue weighted by Gasteiger charge is 2.19. The van der Waals surface area contributed by atoms with Gasteiger partial charge in [0.25, 0.3) is 0 Å². The molecule has 0 amide bonds. The molecular formula is C15H12Br2Cl2O2. The summed E-state index contributed by atoms with van der Waals surface area (Å²) in [6, 6.07) is 9.23. The normalized spacial score (nSPS) is 12.1. The van der Waals surface area contributed by atoms with Crippen molar-refractivity contribution in [3.8, 4) is 11.5 Å². The predicted molar refractivity (Wildman–Crippen MR) is 94.5 cm³/mol. The van der Waals surface area contributed by atoms with Crippen molar-refractivity contribution in [2.45, 2.75) is 4.83 Å². The number of halogens is 4. The van der Waals surface area contributed by atoms with Gasteiger partial charge in [0.15, 0.2) is 11.5 Å². The average Bonchev–Trinajstić information content (AvgIpc) is 2.46. The van der Waals surface area contributed by atoms with E-state index in [1.165, 1.54) is 0 Å². The third-order valence-corrected chi connectivity index (χ3v) is 5.25. The van der Waals surface area contributed by atoms with Crippen LogP contribution in [0.4, 0.5) is 0 Å². The molecular weight excluding hydrogens is 443 g/mol. The topological polar surface area (TPSA) is 18.5 Å². The molecule has 0 spiro atoms. The van der Waals surface area contributed by atoms with E-state index in [1.54, 1.807) is 20.3 Å². The Balaban J connectivity index is 2.50. The van der Waals surface area contributed by atoms with Gasteiger partial charge < -0.3 is 9.47 Å². The van der Waals surface area contributed by atoms with Gasteiger partial charge in [-0.3, -0.25) is 0 Å². The van der Waals surface area contributed by atoms with E-state index in [-0.39, 0.29) is 4.83 Å². The van der Waals surface area contributed by atoms with Gasteiger partial charge in [0.05, 0.1) is 19.0 Å². The number of benzene rings is 2. The quantitative estimate of drug-likeness (QED) is 0.508. The van der Waals surface area contributed by atoms with Gasteiger partial charge in [-0.25, -0.2) is 0 Å². The first-order chi connectivity index (χ1) is 9.97. The summed E-state index contributed by atoms with van der Waals surface area (Å²) in [6.45, 7) is 0. The van der Waals surface area contributed by atoms with Crippen LogP contribution in [0.3, 0.4) is 0 Å². The lowest BCUT2D eigenvalue weighted by atomic mass is 10.0. The molecule has 0 N–H and O–H groups in total. The summed E-state index contributed by atoms with van der Waals surface area (Å²) in [5.74, 6) is 1.23. The van der Waals surface area contributed by atoms with Gasteiger partial charge in [0.1, 0.15) is 0 Å². The van der Waals surface area contributed by atoms with Crippen molar-refractivity contribution >= 4 is 55.1 Å². The third kappa shape index (κ3) is 3.67. The van der Waals surface area contributed by atoms with Crippen molar-refractivity contribution in [2.75, 3.05) is 14.2 Å². The van der Waals surface area contributed by atoms with Crippen LogP contribution in [0.15, 0.2) is 34.8 Å². The fourth-order valence-corrected chi connectivity index (χ4v) is 4.33. The van der Waals surface area contributed by atoms with Crippen molar-refractivity contribution in [1.82, 2.24) is 0 Å². The highest BCUT2D eigenvalue weighted by atomic mass is 79.9. The first kappa shape index (κ1) is 16.9. The van der Waals surface area contributed by atoms with Crippen LogP contribution in [-0.4, -0.2) is 14.2 Å². The molecule has 0 aromatic heterocycles. The van der Waals surface area contributed by atoms with Crippen molar-refractivity contribution in [1.29, 1.82) is 0 Å². The Kier molecular flexibility index (Phi) is 5.83. The molecule has 0 bridgehead atoms. The number of hydrogen-bond acceptors (Lipinski definition) is 2. The van der Waals surface area contributed by atoms with Crippen molar-refractivity contribution < 1.29 is 9.47 Å². The highest BCUT2D eigenvalue weighted by Crippen LogP contribution is 2.43. The number of hydrogen-bond donors (Lipinski definition) is 0. The van der Waals surface area contributed by atoms with Gasteiger partial charge in [-0.15, -0.1) is 0 Å². The van der Waals surface area contributed by atoms with Crippen LogP contribution in [0, 0.1) is 0 Å². The average molecular weight is 455 g/mol. The van der Waals surface area contributed by atoms with Crippen LogP contribution in [0.1, 0.15) is 16.0 Å². The predicted octanol–water partition coefficient (Wildman–Crippen LogP) is 6.26. The zero-order valence-corrected chi connectivity index (χ0v) is 16.0. The van der Waals surface area contributed by atoms with E-state index in [9.17, 15) is 0 Å². The molecule has 21 heavy (non-hydrogen) atoms. The fourth-order valence-electron chi connectivity index (χ4n) is 1.94. The molecule has 2 aromatic carbocycles. The Morgan fingerprint density at radius 1 is 0.952 bits per heavy atom. The molecule has 0 saturated carbocycles. The largest absolute Gasteiger partial charge is 0.493 e. The maximum absolute atomic E-state index is 6.36. The summed E-state index contributed by atoms with van der Waals surface area (Å²) in [5.41, 5.74) is 1.91. The first-order valence-electron chi connectivity index (χ1n) is 5.98. The summed E-state index contributed by atoms with van der Waals surface area (Å²) < 4.78 is 11.5. The van der Waals surface area contributed by atoms with Gasteiger partial charge in [-0.05, 0) is 29.3 Å². The molecule has 0 heterocycles. The van der Waals surface area contributed by atoms with E-state index >= 15 is 0 Å². The molecule has 0 radical (unpaired) electrons. The standard InChI is InChI=1S/C15H12Br2Cl2O2/c1-20-13-6-10(12(19)7-14(13)21-2)15(17)9-4-3-8(18)5-11(9)16/h3-7,15H,1-2H3. The third-order valence-electron chi connectivity index (χ3n) is 3.01. The number of ether oxygens (including phenoxy) is 2. The second-order valence-corrected chi connectivity index (χ2v) is 6.87. The molecule has 2 rings (SSSR count). The Bertz CT molecular complexity index is 662. The molecule has 1 atom stereocenters. The maximum atomic E-state index is 6.36. The van der Waals surface area contributed by atoms with E-state index in [0.717, 1.165) is 15.6 Å². The van der Waals surface area contributed by atoms with E-state index < -0.39 is 0 Å². The zero-order chi connectivity index (χ0) is 15.6. The molecule has 2 aromatic rings. The zero-order valence-electron chi connectivity index (χ0n) is 11.3. The van der Waals surface area contributed by atoms with Crippen LogP contribution < -0.4 is 9.47 Å². The molecule has 1 unspecified atom stereocenters. The summed E-state index contributed by atoms with van der Waals surface area (Å²) in [4.78, 5) is -0.101. The number of rotatable bonds is 4. The van der Waals surface area contributed by atoms with Gasteiger partial charge in [-0.1, -0.05) is 61.1 Å². The van der Waals surface area contributed by atoms with E-state index in [1.807, 2.05) is 24.3 Å². The van der Waals surface area contributed by atoms with Crippen LogP contribution in [-0.2, 0) is 0 Å². The van der Waals surface area contributed by atoms with Gasteiger partial charge in [0.2, 0.25) is 0 Å².